The molecule has 0 saturated carbocycles. The van der Waals surface area contributed by atoms with Crippen molar-refractivity contribution in [2.45, 2.75) is 56.8 Å². The molecule has 1 aliphatic carbocycles. The lowest BCUT2D eigenvalue weighted by Crippen LogP contribution is -2.49. The molecule has 9 heteroatoms. The molecule has 0 radical (unpaired) electrons. The summed E-state index contributed by atoms with van der Waals surface area (Å²) in [5.41, 5.74) is 2.68. The van der Waals surface area contributed by atoms with E-state index in [0.29, 0.717) is 18.2 Å². The molecule has 1 aromatic heterocycles. The Morgan fingerprint density at radius 2 is 1.95 bits per heavy atom. The molecule has 196 valence electrons. The first-order valence-corrected chi connectivity index (χ1v) is 13.4. The zero-order chi connectivity index (χ0) is 26.3. The van der Waals surface area contributed by atoms with Crippen LogP contribution in [-0.4, -0.2) is 50.4 Å². The number of alkyl halides is 2. The first-order valence-electron chi connectivity index (χ1n) is 12.6. The van der Waals surface area contributed by atoms with Crippen molar-refractivity contribution in [2.24, 2.45) is 5.92 Å². The number of aliphatic carboxylic acids is 1. The van der Waals surface area contributed by atoms with Gasteiger partial charge in [0.15, 0.2) is 0 Å². The van der Waals surface area contributed by atoms with Gasteiger partial charge in [-0.2, -0.15) is 5.10 Å². The molecule has 6 nitrogen and oxygen atoms in total. The number of aryl methyl sites for hydroxylation is 1. The average molecular weight is 546 g/mol. The third-order valence-corrected chi connectivity index (χ3v) is 8.31. The fourth-order valence-corrected chi connectivity index (χ4v) is 5.78. The van der Waals surface area contributed by atoms with Crippen LogP contribution in [-0.2, 0) is 11.2 Å². The summed E-state index contributed by atoms with van der Waals surface area (Å²) in [4.78, 5) is 13.2. The van der Waals surface area contributed by atoms with Crippen LogP contribution in [0.3, 0.4) is 0 Å². The Hall–Kier alpha value is -2.61. The second-order valence-electron chi connectivity index (χ2n) is 10.3. The number of piperidine rings is 1. The van der Waals surface area contributed by atoms with Crippen molar-refractivity contribution in [3.05, 3.63) is 63.8 Å². The number of hydrogen-bond donors (Lipinski definition) is 2. The number of hydrogen-bond acceptors (Lipinski definition) is 4. The highest BCUT2D eigenvalue weighted by atomic mass is 35.5. The summed E-state index contributed by atoms with van der Waals surface area (Å²) >= 11 is 13.0. The first-order chi connectivity index (χ1) is 17.6. The van der Waals surface area contributed by atoms with Crippen molar-refractivity contribution in [1.82, 2.24) is 15.1 Å². The predicted molar refractivity (Wildman–Crippen MR) is 144 cm³/mol. The normalized spacial score (nSPS) is 19.4. The van der Waals surface area contributed by atoms with E-state index in [0.717, 1.165) is 46.2 Å². The minimum Gasteiger partial charge on any atom is -0.485 e. The number of likely N-dealkylation sites (tertiary alicyclic amines) is 1. The van der Waals surface area contributed by atoms with E-state index in [4.69, 9.17) is 33.0 Å². The van der Waals surface area contributed by atoms with Crippen LogP contribution < -0.4 is 4.74 Å². The monoisotopic (exact) mass is 545 g/mol. The van der Waals surface area contributed by atoms with E-state index >= 15 is 0 Å². The van der Waals surface area contributed by atoms with Gasteiger partial charge in [-0.05, 0) is 65.3 Å². The molecule has 2 aromatic carbocycles. The summed E-state index contributed by atoms with van der Waals surface area (Å²) < 4.78 is 20.9. The number of fused-ring (bicyclic) bond motifs is 2. The Kier molecular flexibility index (Phi) is 7.22. The third-order valence-electron chi connectivity index (χ3n) is 7.47. The number of benzene rings is 2. The van der Waals surface area contributed by atoms with Crippen LogP contribution >= 0.6 is 23.2 Å². The SMILES string of the molecule is CC(C)C(Oc1ccc2c(c1)CCC(C(Cl)N1CCC(F)(C(=O)O)CC1)=C2)c1ccc2n[nH]c(Cl)c2c1. The summed E-state index contributed by atoms with van der Waals surface area (Å²) in [6, 6.07) is 12.1. The molecule has 2 atom stereocenters. The van der Waals surface area contributed by atoms with Gasteiger partial charge in [0.05, 0.1) is 5.52 Å². The van der Waals surface area contributed by atoms with Gasteiger partial charge < -0.3 is 9.84 Å². The maximum atomic E-state index is 14.4. The summed E-state index contributed by atoms with van der Waals surface area (Å²) in [5.74, 6) is -0.344. The van der Waals surface area contributed by atoms with Crippen LogP contribution in [0.25, 0.3) is 17.0 Å². The molecular weight excluding hydrogens is 516 g/mol. The van der Waals surface area contributed by atoms with Crippen molar-refractivity contribution < 1.29 is 19.0 Å². The highest BCUT2D eigenvalue weighted by Crippen LogP contribution is 2.37. The van der Waals surface area contributed by atoms with Crippen LogP contribution in [0.5, 0.6) is 5.75 Å². The maximum absolute atomic E-state index is 14.4. The number of ether oxygens (including phenoxy) is 1. The maximum Gasteiger partial charge on any atom is 0.341 e. The third kappa shape index (κ3) is 5.22. The van der Waals surface area contributed by atoms with E-state index in [1.807, 2.05) is 35.2 Å². The van der Waals surface area contributed by atoms with Crippen molar-refractivity contribution in [1.29, 1.82) is 0 Å². The number of carboxylic acids is 1. The molecule has 5 rings (SSSR count). The first kappa shape index (κ1) is 26.0. The smallest absolute Gasteiger partial charge is 0.341 e. The van der Waals surface area contributed by atoms with Gasteiger partial charge in [0.1, 0.15) is 22.5 Å². The van der Waals surface area contributed by atoms with Gasteiger partial charge in [-0.25, -0.2) is 9.18 Å². The molecule has 1 saturated heterocycles. The Morgan fingerprint density at radius 3 is 2.65 bits per heavy atom. The number of carboxylic acid groups (broad SMARTS) is 1. The standard InChI is InChI=1S/C28H30Cl2FN3O3/c1-16(2)24(19-6-8-23-22(15-19)25(29)33-32-23)37-21-7-5-17-13-20(4-3-18(17)14-21)26(30)34-11-9-28(31,10-12-34)27(35)36/h5-8,13-16,24,26H,3-4,9-12H2,1-2H3,(H,32,33)(H,35,36). The van der Waals surface area contributed by atoms with Gasteiger partial charge in [0.25, 0.3) is 0 Å². The Labute approximate surface area is 225 Å². The number of rotatable bonds is 7. The largest absolute Gasteiger partial charge is 0.485 e. The highest BCUT2D eigenvalue weighted by Gasteiger charge is 2.43. The van der Waals surface area contributed by atoms with Gasteiger partial charge in [-0.15, -0.1) is 11.6 Å². The lowest BCUT2D eigenvalue weighted by atomic mass is 9.90. The van der Waals surface area contributed by atoms with E-state index < -0.39 is 11.6 Å². The molecule has 0 spiro atoms. The second-order valence-corrected chi connectivity index (χ2v) is 11.1. The molecule has 1 fully saturated rings. The lowest BCUT2D eigenvalue weighted by Gasteiger charge is -2.37. The second kappa shape index (κ2) is 10.3. The summed E-state index contributed by atoms with van der Waals surface area (Å²) in [5, 5.41) is 17.5. The fourth-order valence-electron chi connectivity index (χ4n) is 5.21. The van der Waals surface area contributed by atoms with Crippen molar-refractivity contribution in [2.75, 3.05) is 13.1 Å². The van der Waals surface area contributed by atoms with Gasteiger partial charge in [0.2, 0.25) is 5.67 Å². The van der Waals surface area contributed by atoms with Crippen molar-refractivity contribution >= 4 is 46.2 Å². The number of nitrogens with zero attached hydrogens (tertiary/aromatic N) is 2. The van der Waals surface area contributed by atoms with E-state index in [9.17, 15) is 9.18 Å². The zero-order valence-corrected chi connectivity index (χ0v) is 22.3. The molecule has 2 N–H and O–H groups in total. The molecular formula is C28H30Cl2FN3O3. The fraction of sp³-hybridized carbons (Fsp3) is 0.429. The number of halogens is 3. The predicted octanol–water partition coefficient (Wildman–Crippen LogP) is 6.78. The summed E-state index contributed by atoms with van der Waals surface area (Å²) in [6.45, 7) is 4.90. The van der Waals surface area contributed by atoms with Crippen LogP contribution in [0.2, 0.25) is 5.15 Å². The molecule has 2 unspecified atom stereocenters. The summed E-state index contributed by atoms with van der Waals surface area (Å²) in [7, 11) is 0. The molecule has 2 aliphatic rings. The number of nitrogens with one attached hydrogen (secondary N) is 1. The number of carbonyl (C=O) groups is 1. The van der Waals surface area contributed by atoms with E-state index in [2.05, 4.69) is 36.2 Å². The number of aromatic amines is 1. The van der Waals surface area contributed by atoms with Gasteiger partial charge in [-0.3, -0.25) is 10.00 Å². The van der Waals surface area contributed by atoms with E-state index in [1.54, 1.807) is 0 Å². The molecule has 3 aromatic rings. The molecule has 37 heavy (non-hydrogen) atoms. The topological polar surface area (TPSA) is 78.4 Å². The average Bonchev–Trinajstić information content (AvgIpc) is 3.26. The van der Waals surface area contributed by atoms with Gasteiger partial charge in [-0.1, -0.05) is 43.7 Å². The number of aromatic nitrogens is 2. The van der Waals surface area contributed by atoms with Crippen LogP contribution in [0.15, 0.2) is 42.0 Å². The minimum absolute atomic E-state index is 0.0487. The van der Waals surface area contributed by atoms with Crippen molar-refractivity contribution in [3.8, 4) is 5.75 Å². The van der Waals surface area contributed by atoms with E-state index in [-0.39, 0.29) is 30.4 Å². The molecule has 0 amide bonds. The lowest BCUT2D eigenvalue weighted by molar-refractivity contribution is -0.154. The summed E-state index contributed by atoms with van der Waals surface area (Å²) in [6.07, 6.45) is 3.45. The van der Waals surface area contributed by atoms with Crippen LogP contribution in [0.1, 0.15) is 55.9 Å². The van der Waals surface area contributed by atoms with Gasteiger partial charge >= 0.3 is 5.97 Å². The Bertz CT molecular complexity index is 1350. The van der Waals surface area contributed by atoms with Crippen LogP contribution in [0.4, 0.5) is 4.39 Å². The zero-order valence-electron chi connectivity index (χ0n) is 20.8. The number of H-pyrrole nitrogens is 1. The van der Waals surface area contributed by atoms with Gasteiger partial charge in [0, 0.05) is 31.3 Å². The van der Waals surface area contributed by atoms with Crippen LogP contribution in [0, 0.1) is 5.92 Å². The van der Waals surface area contributed by atoms with E-state index in [1.165, 1.54) is 5.56 Å². The van der Waals surface area contributed by atoms with Crippen molar-refractivity contribution in [3.63, 3.8) is 0 Å². The minimum atomic E-state index is -2.15. The Balaban J connectivity index is 1.30. The molecule has 1 aliphatic heterocycles. The highest BCUT2D eigenvalue weighted by molar-refractivity contribution is 6.34. The quantitative estimate of drug-likeness (QED) is 0.253. The Morgan fingerprint density at radius 1 is 1.19 bits per heavy atom. The molecule has 2 heterocycles. The molecule has 0 bridgehead atoms.